The molecule has 1 aromatic rings. The number of nitrogens with two attached hydrogens (primary N) is 1. The van der Waals surface area contributed by atoms with Gasteiger partial charge in [-0.15, -0.1) is 0 Å². The van der Waals surface area contributed by atoms with Crippen molar-refractivity contribution in [1.82, 2.24) is 14.5 Å². The van der Waals surface area contributed by atoms with Gasteiger partial charge in [0.1, 0.15) is 4.90 Å². The van der Waals surface area contributed by atoms with Crippen LogP contribution in [0.1, 0.15) is 27.2 Å². The molecule has 1 aliphatic carbocycles. The maximum Gasteiger partial charge on any atom is 0.246 e. The second-order valence-corrected chi connectivity index (χ2v) is 7.16. The monoisotopic (exact) mass is 288 g/mol. The third kappa shape index (κ3) is 2.35. The summed E-state index contributed by atoms with van der Waals surface area (Å²) in [6.45, 7) is 6.05. The Morgan fingerprint density at radius 3 is 2.68 bits per heavy atom. The van der Waals surface area contributed by atoms with Crippen LogP contribution in [0.4, 0.5) is 5.82 Å². The molecule has 1 aliphatic rings. The maximum absolute atomic E-state index is 12.3. The molecule has 1 aromatic heterocycles. The number of aromatic nitrogens is 2. The topological polar surface area (TPSA) is 110 Å². The summed E-state index contributed by atoms with van der Waals surface area (Å²) in [5.41, 5.74) is 5.16. The van der Waals surface area contributed by atoms with Gasteiger partial charge in [-0.25, -0.2) is 13.1 Å². The van der Waals surface area contributed by atoms with Crippen LogP contribution in [0, 0.1) is 5.41 Å². The van der Waals surface area contributed by atoms with Gasteiger partial charge < -0.3 is 10.8 Å². The Morgan fingerprint density at radius 1 is 1.63 bits per heavy atom. The summed E-state index contributed by atoms with van der Waals surface area (Å²) in [5.74, 6) is -0.00738. The number of aliphatic hydroxyl groups is 1. The maximum atomic E-state index is 12.3. The number of nitrogens with one attached hydrogen (secondary N) is 1. The van der Waals surface area contributed by atoms with Crippen molar-refractivity contribution in [2.24, 2.45) is 5.41 Å². The van der Waals surface area contributed by atoms with E-state index in [9.17, 15) is 13.5 Å². The second-order valence-electron chi connectivity index (χ2n) is 5.48. The zero-order chi connectivity index (χ0) is 14.4. The normalized spacial score (nSPS) is 26.1. The highest BCUT2D eigenvalue weighted by molar-refractivity contribution is 7.89. The molecule has 2 rings (SSSR count). The van der Waals surface area contributed by atoms with Crippen LogP contribution >= 0.6 is 0 Å². The molecule has 0 bridgehead atoms. The van der Waals surface area contributed by atoms with Crippen LogP contribution in [0.3, 0.4) is 0 Å². The SMILES string of the molecule is CCn1cc(S(=O)(=O)NC2CC(O)C2(C)C)c(N)n1. The number of hydrogen-bond donors (Lipinski definition) is 3. The van der Waals surface area contributed by atoms with Gasteiger partial charge in [-0.2, -0.15) is 5.10 Å². The summed E-state index contributed by atoms with van der Waals surface area (Å²) in [6.07, 6.45) is 1.34. The van der Waals surface area contributed by atoms with Crippen molar-refractivity contribution in [3.05, 3.63) is 6.20 Å². The van der Waals surface area contributed by atoms with Crippen LogP contribution < -0.4 is 10.5 Å². The highest BCUT2D eigenvalue weighted by Gasteiger charge is 2.49. The quantitative estimate of drug-likeness (QED) is 0.718. The fourth-order valence-corrected chi connectivity index (χ4v) is 3.62. The van der Waals surface area contributed by atoms with Crippen LogP contribution in [0.2, 0.25) is 0 Å². The molecule has 1 fully saturated rings. The van der Waals surface area contributed by atoms with E-state index in [2.05, 4.69) is 9.82 Å². The highest BCUT2D eigenvalue weighted by Crippen LogP contribution is 2.41. The van der Waals surface area contributed by atoms with E-state index in [1.54, 1.807) is 0 Å². The van der Waals surface area contributed by atoms with E-state index in [1.165, 1.54) is 10.9 Å². The lowest BCUT2D eigenvalue weighted by Crippen LogP contribution is -2.61. The van der Waals surface area contributed by atoms with Gasteiger partial charge in [-0.3, -0.25) is 4.68 Å². The Balaban J connectivity index is 2.22. The Labute approximate surface area is 112 Å². The number of anilines is 1. The zero-order valence-electron chi connectivity index (χ0n) is 11.3. The minimum Gasteiger partial charge on any atom is -0.392 e. The summed E-state index contributed by atoms with van der Waals surface area (Å²) in [7, 11) is -3.70. The predicted molar refractivity (Wildman–Crippen MR) is 70.8 cm³/mol. The van der Waals surface area contributed by atoms with Crippen molar-refractivity contribution in [2.45, 2.75) is 50.8 Å². The van der Waals surface area contributed by atoms with Crippen molar-refractivity contribution in [3.8, 4) is 0 Å². The number of rotatable bonds is 4. The molecule has 1 saturated carbocycles. The average molecular weight is 288 g/mol. The van der Waals surface area contributed by atoms with Gasteiger partial charge in [-0.05, 0) is 13.3 Å². The fourth-order valence-electron chi connectivity index (χ4n) is 2.14. The Morgan fingerprint density at radius 2 is 2.26 bits per heavy atom. The third-order valence-corrected chi connectivity index (χ3v) is 5.37. The Kier molecular flexibility index (Phi) is 3.36. The van der Waals surface area contributed by atoms with Crippen molar-refractivity contribution in [1.29, 1.82) is 0 Å². The molecule has 0 aliphatic heterocycles. The summed E-state index contributed by atoms with van der Waals surface area (Å²) in [4.78, 5) is -0.00783. The molecule has 0 amide bonds. The lowest BCUT2D eigenvalue weighted by atomic mass is 9.65. The largest absolute Gasteiger partial charge is 0.392 e. The Hall–Kier alpha value is -1.12. The first-order valence-corrected chi connectivity index (χ1v) is 7.70. The molecule has 8 heteroatoms. The molecular weight excluding hydrogens is 268 g/mol. The van der Waals surface area contributed by atoms with Gasteiger partial charge in [0.15, 0.2) is 5.82 Å². The molecule has 2 atom stereocenters. The molecule has 0 aromatic carbocycles. The number of aliphatic hydroxyl groups excluding tert-OH is 1. The van der Waals surface area contributed by atoms with E-state index >= 15 is 0 Å². The van der Waals surface area contributed by atoms with Crippen LogP contribution in [0.5, 0.6) is 0 Å². The molecule has 19 heavy (non-hydrogen) atoms. The van der Waals surface area contributed by atoms with E-state index < -0.39 is 21.5 Å². The van der Waals surface area contributed by atoms with E-state index in [4.69, 9.17) is 5.73 Å². The molecule has 0 saturated heterocycles. The number of aryl methyl sites for hydroxylation is 1. The first-order valence-electron chi connectivity index (χ1n) is 6.21. The first-order chi connectivity index (χ1) is 8.68. The Bertz CT molecular complexity index is 579. The van der Waals surface area contributed by atoms with Gasteiger partial charge in [0.2, 0.25) is 10.0 Å². The highest BCUT2D eigenvalue weighted by atomic mass is 32.2. The zero-order valence-corrected chi connectivity index (χ0v) is 12.1. The molecule has 1 heterocycles. The first kappa shape index (κ1) is 14.3. The standard InChI is InChI=1S/C11H20N4O3S/c1-4-15-6-7(10(12)13-15)19(17,18)14-8-5-9(16)11(8,2)3/h6,8-9,14,16H,4-5H2,1-3H3,(H2,12,13). The van der Waals surface area contributed by atoms with Crippen LogP contribution in [0.15, 0.2) is 11.1 Å². The summed E-state index contributed by atoms with van der Waals surface area (Å²) < 4.78 is 28.6. The minimum atomic E-state index is -3.70. The lowest BCUT2D eigenvalue weighted by Gasteiger charge is -2.49. The van der Waals surface area contributed by atoms with E-state index in [1.807, 2.05) is 20.8 Å². The smallest absolute Gasteiger partial charge is 0.246 e. The molecule has 108 valence electrons. The lowest BCUT2D eigenvalue weighted by molar-refractivity contribution is -0.0645. The third-order valence-electron chi connectivity index (χ3n) is 3.88. The number of hydrogen-bond acceptors (Lipinski definition) is 5. The van der Waals surface area contributed by atoms with Crippen LogP contribution in [0.25, 0.3) is 0 Å². The van der Waals surface area contributed by atoms with Crippen molar-refractivity contribution in [3.63, 3.8) is 0 Å². The minimum absolute atomic E-state index is 0.00738. The summed E-state index contributed by atoms with van der Waals surface area (Å²) in [5, 5.41) is 13.6. The summed E-state index contributed by atoms with van der Waals surface area (Å²) in [6, 6.07) is -0.295. The number of nitrogens with zero attached hydrogens (tertiary/aromatic N) is 2. The fraction of sp³-hybridized carbons (Fsp3) is 0.727. The average Bonchev–Trinajstić information content (AvgIpc) is 2.71. The van der Waals surface area contributed by atoms with Crippen LogP contribution in [-0.4, -0.2) is 35.5 Å². The van der Waals surface area contributed by atoms with Gasteiger partial charge in [0.25, 0.3) is 0 Å². The van der Waals surface area contributed by atoms with Gasteiger partial charge in [0.05, 0.1) is 6.10 Å². The molecule has 0 radical (unpaired) electrons. The van der Waals surface area contributed by atoms with Crippen molar-refractivity contribution in [2.75, 3.05) is 5.73 Å². The predicted octanol–water partition coefficient (Wildman–Crippen LogP) is -0.0771. The van der Waals surface area contributed by atoms with Crippen molar-refractivity contribution >= 4 is 15.8 Å². The second kappa shape index (κ2) is 4.46. The number of sulfonamides is 1. The van der Waals surface area contributed by atoms with E-state index in [-0.39, 0.29) is 16.8 Å². The van der Waals surface area contributed by atoms with Crippen molar-refractivity contribution < 1.29 is 13.5 Å². The van der Waals surface area contributed by atoms with Gasteiger partial charge in [-0.1, -0.05) is 13.8 Å². The summed E-state index contributed by atoms with van der Waals surface area (Å²) >= 11 is 0. The van der Waals surface area contributed by atoms with Crippen LogP contribution in [-0.2, 0) is 16.6 Å². The molecule has 4 N–H and O–H groups in total. The molecule has 7 nitrogen and oxygen atoms in total. The van der Waals surface area contributed by atoms with E-state index in [0.29, 0.717) is 13.0 Å². The van der Waals surface area contributed by atoms with Gasteiger partial charge in [0, 0.05) is 24.2 Å². The molecule has 0 spiro atoms. The molecule has 2 unspecified atom stereocenters. The number of nitrogen functional groups attached to an aromatic ring is 1. The van der Waals surface area contributed by atoms with E-state index in [0.717, 1.165) is 0 Å². The van der Waals surface area contributed by atoms with Gasteiger partial charge >= 0.3 is 0 Å². The molecular formula is C11H20N4O3S.